The smallest absolute Gasteiger partial charge is 0.200 e. The van der Waals surface area contributed by atoms with E-state index in [1.54, 1.807) is 59.9 Å². The van der Waals surface area contributed by atoms with Crippen LogP contribution in [0.4, 0.5) is 22.0 Å². The van der Waals surface area contributed by atoms with Crippen LogP contribution in [0.15, 0.2) is 133 Å². The highest BCUT2D eigenvalue weighted by atomic mass is 32.1. The SMILES string of the molecule is Fc1c(F)c(F)c(-c2c3ccccc3c(-c3ccc4cc(-c5ccc(-c6nc7ccccc7s6)cc5)ccc4c3)c3ccccc23)c(F)c1F. The Morgan fingerprint density at radius 1 is 0.380 bits per heavy atom. The highest BCUT2D eigenvalue weighted by Gasteiger charge is 2.29. The van der Waals surface area contributed by atoms with Crippen LogP contribution >= 0.6 is 11.3 Å². The van der Waals surface area contributed by atoms with Crippen molar-refractivity contribution in [2.75, 3.05) is 0 Å². The van der Waals surface area contributed by atoms with Crippen LogP contribution in [-0.4, -0.2) is 4.98 Å². The third kappa shape index (κ3) is 4.69. The van der Waals surface area contributed by atoms with Gasteiger partial charge in [0, 0.05) is 11.1 Å². The monoisotopic (exact) mass is 679 g/mol. The van der Waals surface area contributed by atoms with Crippen LogP contribution in [0.25, 0.3) is 86.5 Å². The lowest BCUT2D eigenvalue weighted by Crippen LogP contribution is -2.05. The van der Waals surface area contributed by atoms with E-state index < -0.39 is 34.6 Å². The molecule has 7 heteroatoms. The van der Waals surface area contributed by atoms with Crippen molar-refractivity contribution in [1.82, 2.24) is 4.98 Å². The first-order valence-corrected chi connectivity index (χ1v) is 16.6. The van der Waals surface area contributed by atoms with Crippen molar-refractivity contribution in [3.63, 3.8) is 0 Å². The molecule has 9 aromatic rings. The number of halogens is 5. The summed E-state index contributed by atoms with van der Waals surface area (Å²) < 4.78 is 74.8. The molecule has 0 saturated carbocycles. The number of aromatic nitrogens is 1. The van der Waals surface area contributed by atoms with Gasteiger partial charge in [-0.05, 0) is 78.8 Å². The Kier molecular flexibility index (Phi) is 7.00. The third-order valence-electron chi connectivity index (χ3n) is 9.28. The number of fused-ring (bicyclic) bond motifs is 4. The summed E-state index contributed by atoms with van der Waals surface area (Å²) in [7, 11) is 0. The lowest BCUT2D eigenvalue weighted by Gasteiger charge is -2.19. The van der Waals surface area contributed by atoms with Gasteiger partial charge in [0.15, 0.2) is 23.3 Å². The predicted molar refractivity (Wildman–Crippen MR) is 194 cm³/mol. The normalized spacial score (nSPS) is 11.7. The summed E-state index contributed by atoms with van der Waals surface area (Å²) in [5, 5.41) is 4.96. The number of para-hydroxylation sites is 1. The molecular formula is C43H22F5NS. The van der Waals surface area contributed by atoms with Gasteiger partial charge in [0.2, 0.25) is 5.82 Å². The fraction of sp³-hybridized carbons (Fsp3) is 0. The first-order chi connectivity index (χ1) is 24.4. The highest BCUT2D eigenvalue weighted by Crippen LogP contribution is 2.46. The summed E-state index contributed by atoms with van der Waals surface area (Å²) in [6, 6.07) is 42.7. The van der Waals surface area contributed by atoms with Gasteiger partial charge >= 0.3 is 0 Å². The summed E-state index contributed by atoms with van der Waals surface area (Å²) in [6.45, 7) is 0. The van der Waals surface area contributed by atoms with Gasteiger partial charge in [-0.1, -0.05) is 109 Å². The Morgan fingerprint density at radius 2 is 0.840 bits per heavy atom. The van der Waals surface area contributed by atoms with Gasteiger partial charge in [-0.25, -0.2) is 26.9 Å². The van der Waals surface area contributed by atoms with E-state index in [0.717, 1.165) is 53.8 Å². The Morgan fingerprint density at radius 3 is 1.44 bits per heavy atom. The average molecular weight is 680 g/mol. The van der Waals surface area contributed by atoms with Gasteiger partial charge in [0.05, 0.1) is 15.8 Å². The maximum Gasteiger partial charge on any atom is 0.200 e. The molecular weight excluding hydrogens is 658 g/mol. The summed E-state index contributed by atoms with van der Waals surface area (Å²) in [4.78, 5) is 4.78. The summed E-state index contributed by atoms with van der Waals surface area (Å²) in [6.07, 6.45) is 0. The molecule has 0 amide bonds. The van der Waals surface area contributed by atoms with Crippen LogP contribution in [0.3, 0.4) is 0 Å². The second kappa shape index (κ2) is 11.6. The number of thiazole rings is 1. The molecule has 0 saturated heterocycles. The molecule has 0 unspecified atom stereocenters. The number of hydrogen-bond acceptors (Lipinski definition) is 2. The van der Waals surface area contributed by atoms with E-state index in [0.29, 0.717) is 21.5 Å². The van der Waals surface area contributed by atoms with E-state index in [1.807, 2.05) is 30.3 Å². The zero-order chi connectivity index (χ0) is 34.1. The van der Waals surface area contributed by atoms with Gasteiger partial charge < -0.3 is 0 Å². The highest BCUT2D eigenvalue weighted by molar-refractivity contribution is 7.21. The van der Waals surface area contributed by atoms with Gasteiger partial charge in [0.1, 0.15) is 5.01 Å². The minimum Gasteiger partial charge on any atom is -0.236 e. The maximum absolute atomic E-state index is 15.3. The number of benzene rings is 8. The molecule has 8 aromatic carbocycles. The molecule has 0 aliphatic rings. The lowest BCUT2D eigenvalue weighted by molar-refractivity contribution is 0.381. The van der Waals surface area contributed by atoms with E-state index in [9.17, 15) is 13.2 Å². The van der Waals surface area contributed by atoms with Crippen molar-refractivity contribution >= 4 is 53.9 Å². The van der Waals surface area contributed by atoms with E-state index in [-0.39, 0.29) is 5.56 Å². The second-order valence-corrected chi connectivity index (χ2v) is 13.2. The molecule has 9 rings (SSSR count). The predicted octanol–water partition coefficient (Wildman–Crippen LogP) is 13.1. The average Bonchev–Trinajstić information content (AvgIpc) is 3.60. The molecule has 0 atom stereocenters. The summed E-state index contributed by atoms with van der Waals surface area (Å²) >= 11 is 1.67. The fourth-order valence-corrected chi connectivity index (χ4v) is 7.89. The molecule has 0 bridgehead atoms. The molecule has 1 aromatic heterocycles. The van der Waals surface area contributed by atoms with E-state index in [4.69, 9.17) is 4.98 Å². The van der Waals surface area contributed by atoms with Crippen LogP contribution < -0.4 is 0 Å². The van der Waals surface area contributed by atoms with Crippen LogP contribution in [-0.2, 0) is 0 Å². The maximum atomic E-state index is 15.3. The molecule has 240 valence electrons. The molecule has 0 spiro atoms. The number of rotatable bonds is 4. The van der Waals surface area contributed by atoms with E-state index in [1.165, 1.54) is 0 Å². The largest absolute Gasteiger partial charge is 0.236 e. The molecule has 0 N–H and O–H groups in total. The fourth-order valence-electron chi connectivity index (χ4n) is 6.91. The summed E-state index contributed by atoms with van der Waals surface area (Å²) in [5.41, 5.74) is 4.83. The second-order valence-electron chi connectivity index (χ2n) is 12.1. The lowest BCUT2D eigenvalue weighted by atomic mass is 9.85. The minimum absolute atomic E-state index is 0.0488. The van der Waals surface area contributed by atoms with E-state index in [2.05, 4.69) is 54.6 Å². The van der Waals surface area contributed by atoms with Gasteiger partial charge in [-0.3, -0.25) is 0 Å². The van der Waals surface area contributed by atoms with Crippen molar-refractivity contribution in [3.8, 4) is 44.0 Å². The standard InChI is InChI=1S/C43H22F5NS/c44-38-37(39(45)41(47)42(48)40(38)46)36-31-9-3-1-7-29(31)35(30-8-2-4-10-32(30)36)28-20-19-26-21-25(17-18-27(26)22-28)23-13-15-24(16-14-23)43-49-33-11-5-6-12-34(33)50-43/h1-22H. The molecule has 0 fully saturated rings. The quantitative estimate of drug-likeness (QED) is 0.0781. The van der Waals surface area contributed by atoms with E-state index >= 15 is 8.78 Å². The topological polar surface area (TPSA) is 12.9 Å². The van der Waals surface area contributed by atoms with Gasteiger partial charge in [-0.15, -0.1) is 11.3 Å². The molecule has 1 nitrogen and oxygen atoms in total. The first kappa shape index (κ1) is 30.2. The van der Waals surface area contributed by atoms with Crippen molar-refractivity contribution in [2.24, 2.45) is 0 Å². The van der Waals surface area contributed by atoms with Gasteiger partial charge in [-0.2, -0.15) is 0 Å². The third-order valence-corrected chi connectivity index (χ3v) is 10.4. The molecule has 50 heavy (non-hydrogen) atoms. The van der Waals surface area contributed by atoms with Crippen LogP contribution in [0.1, 0.15) is 0 Å². The van der Waals surface area contributed by atoms with Crippen molar-refractivity contribution < 1.29 is 22.0 Å². The molecule has 1 heterocycles. The van der Waals surface area contributed by atoms with Crippen LogP contribution in [0, 0.1) is 29.1 Å². The number of hydrogen-bond donors (Lipinski definition) is 0. The Bertz CT molecular complexity index is 2700. The van der Waals surface area contributed by atoms with Crippen molar-refractivity contribution in [3.05, 3.63) is 163 Å². The zero-order valence-electron chi connectivity index (χ0n) is 25.9. The Balaban J connectivity index is 1.16. The molecule has 0 aliphatic heterocycles. The summed E-state index contributed by atoms with van der Waals surface area (Å²) in [5.74, 6) is -9.87. The van der Waals surface area contributed by atoms with Crippen molar-refractivity contribution in [1.29, 1.82) is 0 Å². The number of nitrogens with zero attached hydrogens (tertiary/aromatic N) is 1. The van der Waals surface area contributed by atoms with Crippen molar-refractivity contribution in [2.45, 2.75) is 0 Å². The molecule has 0 aliphatic carbocycles. The minimum atomic E-state index is -2.19. The zero-order valence-corrected chi connectivity index (χ0v) is 26.8. The Hall–Kier alpha value is -5.92. The first-order valence-electron chi connectivity index (χ1n) is 15.8. The molecule has 0 radical (unpaired) electrons. The van der Waals surface area contributed by atoms with Crippen LogP contribution in [0.5, 0.6) is 0 Å². The Labute approximate surface area is 286 Å². The van der Waals surface area contributed by atoms with Crippen LogP contribution in [0.2, 0.25) is 0 Å². The van der Waals surface area contributed by atoms with Gasteiger partial charge in [0.25, 0.3) is 0 Å².